The van der Waals surface area contributed by atoms with Crippen LogP contribution in [0, 0.1) is 5.92 Å². The molecule has 0 saturated heterocycles. The molecule has 0 radical (unpaired) electrons. The maximum Gasteiger partial charge on any atom is 0.316 e. The van der Waals surface area contributed by atoms with Gasteiger partial charge in [-0.1, -0.05) is 13.8 Å². The fourth-order valence-corrected chi connectivity index (χ4v) is 2.84. The number of aliphatic carboxylic acids is 1. The number of aromatic nitrogens is 1. The first kappa shape index (κ1) is 11.5. The molecule has 0 bridgehead atoms. The summed E-state index contributed by atoms with van der Waals surface area (Å²) in [7, 11) is 0. The van der Waals surface area contributed by atoms with Crippen molar-refractivity contribution in [1.82, 2.24) is 4.98 Å². The Morgan fingerprint density at radius 2 is 2.43 bits per heavy atom. The van der Waals surface area contributed by atoms with Gasteiger partial charge in [-0.15, -0.1) is 23.1 Å². The molecule has 1 rings (SSSR count). The van der Waals surface area contributed by atoms with Crippen molar-refractivity contribution in [2.45, 2.75) is 24.9 Å². The van der Waals surface area contributed by atoms with Gasteiger partial charge >= 0.3 is 5.97 Å². The minimum atomic E-state index is -0.735. The van der Waals surface area contributed by atoms with Gasteiger partial charge in [0.1, 0.15) is 10.3 Å². The van der Waals surface area contributed by atoms with Crippen LogP contribution in [0.3, 0.4) is 0 Å². The zero-order chi connectivity index (χ0) is 10.6. The summed E-state index contributed by atoms with van der Waals surface area (Å²) in [5.74, 6) is 0.103. The predicted octanol–water partition coefficient (Wildman–Crippen LogP) is 2.49. The number of nitrogens with zero attached hydrogens (tertiary/aromatic N) is 1. The predicted molar refractivity (Wildman–Crippen MR) is 59.7 cm³/mol. The second-order valence-corrected chi connectivity index (χ2v) is 5.35. The maximum atomic E-state index is 10.9. The first-order valence-electron chi connectivity index (χ1n) is 4.34. The average molecular weight is 231 g/mol. The Hall–Kier alpha value is -0.550. The molecule has 0 saturated carbocycles. The van der Waals surface area contributed by atoms with E-state index < -0.39 is 5.97 Å². The number of hydrogen-bond donors (Lipinski definition) is 1. The molecule has 3 nitrogen and oxygen atoms in total. The van der Waals surface area contributed by atoms with Gasteiger partial charge in [0.2, 0.25) is 0 Å². The molecule has 14 heavy (non-hydrogen) atoms. The van der Waals surface area contributed by atoms with E-state index in [-0.39, 0.29) is 11.2 Å². The summed E-state index contributed by atoms with van der Waals surface area (Å²) in [5.41, 5.74) is 0. The molecule has 1 heterocycles. The largest absolute Gasteiger partial charge is 0.480 e. The third-order valence-electron chi connectivity index (χ3n) is 1.72. The summed E-state index contributed by atoms with van der Waals surface area (Å²) in [6.45, 7) is 3.85. The van der Waals surface area contributed by atoms with Crippen LogP contribution in [0.1, 0.15) is 18.9 Å². The van der Waals surface area contributed by atoms with Crippen molar-refractivity contribution in [2.24, 2.45) is 5.92 Å². The van der Waals surface area contributed by atoms with Crippen LogP contribution in [-0.4, -0.2) is 21.3 Å². The second-order valence-electron chi connectivity index (χ2n) is 3.24. The van der Waals surface area contributed by atoms with E-state index >= 15 is 0 Å². The Labute approximate surface area is 91.6 Å². The minimum absolute atomic E-state index is 0.150. The summed E-state index contributed by atoms with van der Waals surface area (Å²) < 4.78 is 0. The van der Waals surface area contributed by atoms with Crippen molar-refractivity contribution in [3.05, 3.63) is 16.6 Å². The molecule has 1 N–H and O–H groups in total. The standard InChI is InChI=1S/C9H13NO2S2/c1-6(2)8(9(11)12)14-5-7-10-3-4-13-7/h3-4,6,8H,5H2,1-2H3,(H,11,12). The number of rotatable bonds is 5. The van der Waals surface area contributed by atoms with Crippen molar-refractivity contribution >= 4 is 29.1 Å². The lowest BCUT2D eigenvalue weighted by molar-refractivity contribution is -0.137. The van der Waals surface area contributed by atoms with Gasteiger partial charge < -0.3 is 5.11 Å². The van der Waals surface area contributed by atoms with E-state index in [2.05, 4.69) is 4.98 Å². The number of carbonyl (C=O) groups is 1. The van der Waals surface area contributed by atoms with Crippen molar-refractivity contribution in [2.75, 3.05) is 0 Å². The topological polar surface area (TPSA) is 50.2 Å². The molecular weight excluding hydrogens is 218 g/mol. The Morgan fingerprint density at radius 1 is 1.71 bits per heavy atom. The van der Waals surface area contributed by atoms with E-state index in [0.717, 1.165) is 5.01 Å². The van der Waals surface area contributed by atoms with E-state index in [1.54, 1.807) is 17.5 Å². The molecule has 78 valence electrons. The molecule has 1 aromatic heterocycles. The number of thioether (sulfide) groups is 1. The lowest BCUT2D eigenvalue weighted by Crippen LogP contribution is -2.22. The van der Waals surface area contributed by atoms with E-state index in [4.69, 9.17) is 5.11 Å². The summed E-state index contributed by atoms with van der Waals surface area (Å²) in [5, 5.41) is 11.5. The van der Waals surface area contributed by atoms with Crippen LogP contribution in [-0.2, 0) is 10.5 Å². The van der Waals surface area contributed by atoms with Crippen LogP contribution >= 0.6 is 23.1 Å². The van der Waals surface area contributed by atoms with Crippen molar-refractivity contribution < 1.29 is 9.90 Å². The maximum absolute atomic E-state index is 10.9. The van der Waals surface area contributed by atoms with Crippen molar-refractivity contribution in [3.8, 4) is 0 Å². The van der Waals surface area contributed by atoms with Gasteiger partial charge in [-0.3, -0.25) is 4.79 Å². The first-order chi connectivity index (χ1) is 6.61. The summed E-state index contributed by atoms with van der Waals surface area (Å²) in [6, 6.07) is 0. The number of hydrogen-bond acceptors (Lipinski definition) is 4. The van der Waals surface area contributed by atoms with E-state index in [0.29, 0.717) is 5.75 Å². The van der Waals surface area contributed by atoms with Crippen LogP contribution in [0.15, 0.2) is 11.6 Å². The highest BCUT2D eigenvalue weighted by atomic mass is 32.2. The molecule has 1 aromatic rings. The van der Waals surface area contributed by atoms with Crippen LogP contribution in [0.2, 0.25) is 0 Å². The molecule has 1 unspecified atom stereocenters. The molecule has 1 atom stereocenters. The third-order valence-corrected chi connectivity index (χ3v) is 4.23. The van der Waals surface area contributed by atoms with Crippen LogP contribution in [0.25, 0.3) is 0 Å². The zero-order valence-electron chi connectivity index (χ0n) is 8.14. The van der Waals surface area contributed by atoms with E-state index in [1.807, 2.05) is 19.2 Å². The SMILES string of the molecule is CC(C)C(SCc1nccs1)C(=O)O. The first-order valence-corrected chi connectivity index (χ1v) is 6.27. The second kappa shape index (κ2) is 5.36. The lowest BCUT2D eigenvalue weighted by atomic mass is 10.1. The van der Waals surface area contributed by atoms with Gasteiger partial charge in [-0.2, -0.15) is 0 Å². The monoisotopic (exact) mass is 231 g/mol. The van der Waals surface area contributed by atoms with Crippen LogP contribution in [0.4, 0.5) is 0 Å². The highest BCUT2D eigenvalue weighted by Crippen LogP contribution is 2.24. The summed E-state index contributed by atoms with van der Waals surface area (Å²) in [4.78, 5) is 15.0. The minimum Gasteiger partial charge on any atom is -0.480 e. The summed E-state index contributed by atoms with van der Waals surface area (Å²) in [6.07, 6.45) is 1.74. The van der Waals surface area contributed by atoms with Crippen LogP contribution < -0.4 is 0 Å². The third kappa shape index (κ3) is 3.31. The van der Waals surface area contributed by atoms with E-state index in [9.17, 15) is 4.79 Å². The molecule has 0 aromatic carbocycles. The van der Waals surface area contributed by atoms with Gasteiger partial charge in [0.15, 0.2) is 0 Å². The van der Waals surface area contributed by atoms with Gasteiger partial charge in [0.05, 0.1) is 0 Å². The Kier molecular flexibility index (Phi) is 4.41. The van der Waals surface area contributed by atoms with Gasteiger partial charge in [0.25, 0.3) is 0 Å². The van der Waals surface area contributed by atoms with Crippen molar-refractivity contribution in [1.29, 1.82) is 0 Å². The molecule has 0 aliphatic rings. The zero-order valence-corrected chi connectivity index (χ0v) is 9.77. The summed E-state index contributed by atoms with van der Waals surface area (Å²) >= 11 is 3.01. The molecule has 5 heteroatoms. The number of thiazole rings is 1. The van der Waals surface area contributed by atoms with Gasteiger partial charge in [-0.05, 0) is 5.92 Å². The fourth-order valence-electron chi connectivity index (χ4n) is 1.03. The number of carboxylic acid groups (broad SMARTS) is 1. The smallest absolute Gasteiger partial charge is 0.316 e. The quantitative estimate of drug-likeness (QED) is 0.846. The lowest BCUT2D eigenvalue weighted by Gasteiger charge is -2.14. The Morgan fingerprint density at radius 3 is 2.86 bits per heavy atom. The molecule has 0 aliphatic heterocycles. The van der Waals surface area contributed by atoms with Gasteiger partial charge in [-0.25, -0.2) is 4.98 Å². The van der Waals surface area contributed by atoms with Crippen LogP contribution in [0.5, 0.6) is 0 Å². The fraction of sp³-hybridized carbons (Fsp3) is 0.556. The van der Waals surface area contributed by atoms with Gasteiger partial charge in [0, 0.05) is 17.3 Å². The molecule has 0 amide bonds. The van der Waals surface area contributed by atoms with Crippen molar-refractivity contribution in [3.63, 3.8) is 0 Å². The average Bonchev–Trinajstić information content (AvgIpc) is 2.55. The molecule has 0 fully saturated rings. The highest BCUT2D eigenvalue weighted by molar-refractivity contribution is 7.99. The number of carboxylic acids is 1. The normalized spacial score (nSPS) is 13.1. The van der Waals surface area contributed by atoms with E-state index in [1.165, 1.54) is 11.8 Å². The molecule has 0 aliphatic carbocycles. The highest BCUT2D eigenvalue weighted by Gasteiger charge is 2.21. The Balaban J connectivity index is 2.45. The molecule has 0 spiro atoms. The Bertz CT molecular complexity index is 285. The molecular formula is C9H13NO2S2.